The highest BCUT2D eigenvalue weighted by atomic mass is 16.5. The van der Waals surface area contributed by atoms with Crippen LogP contribution in [0.15, 0.2) is 65.2 Å². The summed E-state index contributed by atoms with van der Waals surface area (Å²) in [7, 11) is 0. The molecule has 0 spiro atoms. The van der Waals surface area contributed by atoms with Gasteiger partial charge in [0.1, 0.15) is 0 Å². The first-order valence-electron chi connectivity index (χ1n) is 7.84. The van der Waals surface area contributed by atoms with Gasteiger partial charge in [0.05, 0.1) is 0 Å². The van der Waals surface area contributed by atoms with Gasteiger partial charge in [0.2, 0.25) is 5.82 Å². The van der Waals surface area contributed by atoms with Crippen LogP contribution in [0.4, 0.5) is 11.7 Å². The number of rotatable bonds is 3. The van der Waals surface area contributed by atoms with E-state index < -0.39 is 0 Å². The van der Waals surface area contributed by atoms with Gasteiger partial charge >= 0.3 is 6.01 Å². The van der Waals surface area contributed by atoms with Gasteiger partial charge in [0.15, 0.2) is 0 Å². The number of piperazine rings is 1. The van der Waals surface area contributed by atoms with Crippen LogP contribution in [0.2, 0.25) is 0 Å². The van der Waals surface area contributed by atoms with Gasteiger partial charge in [-0.05, 0) is 12.1 Å². The number of hydrogen-bond donors (Lipinski definition) is 0. The highest BCUT2D eigenvalue weighted by Gasteiger charge is 2.21. The molecule has 1 aliphatic rings. The summed E-state index contributed by atoms with van der Waals surface area (Å²) < 4.78 is 5.45. The molecule has 0 unspecified atom stereocenters. The molecule has 2 aromatic carbocycles. The van der Waals surface area contributed by atoms with Crippen LogP contribution in [0.25, 0.3) is 11.4 Å². The normalized spacial score (nSPS) is 15.0. The molecular formula is C18H18N4O. The summed E-state index contributed by atoms with van der Waals surface area (Å²) >= 11 is 0. The maximum atomic E-state index is 5.45. The Morgan fingerprint density at radius 2 is 1.35 bits per heavy atom. The highest BCUT2D eigenvalue weighted by Crippen LogP contribution is 2.22. The molecule has 0 amide bonds. The van der Waals surface area contributed by atoms with Crippen molar-refractivity contribution in [1.29, 1.82) is 0 Å². The molecule has 0 N–H and O–H groups in total. The molecule has 0 aliphatic carbocycles. The number of para-hydroxylation sites is 1. The summed E-state index contributed by atoms with van der Waals surface area (Å²) in [5.41, 5.74) is 2.24. The lowest BCUT2D eigenvalue weighted by molar-refractivity contribution is 0.409. The molecule has 4 rings (SSSR count). The lowest BCUT2D eigenvalue weighted by Crippen LogP contribution is -2.46. The second-order valence-electron chi connectivity index (χ2n) is 5.58. The zero-order valence-electron chi connectivity index (χ0n) is 12.8. The van der Waals surface area contributed by atoms with E-state index in [0.29, 0.717) is 11.8 Å². The average Bonchev–Trinajstić information content (AvgIpc) is 3.14. The zero-order chi connectivity index (χ0) is 15.5. The number of aromatic nitrogens is 2. The maximum Gasteiger partial charge on any atom is 0.324 e. The van der Waals surface area contributed by atoms with Crippen molar-refractivity contribution in [3.63, 3.8) is 0 Å². The summed E-state index contributed by atoms with van der Waals surface area (Å²) in [6, 6.07) is 21.0. The van der Waals surface area contributed by atoms with Gasteiger partial charge in [0.25, 0.3) is 0 Å². The lowest BCUT2D eigenvalue weighted by Gasteiger charge is -2.34. The predicted octanol–water partition coefficient (Wildman–Crippen LogP) is 3.06. The van der Waals surface area contributed by atoms with Crippen molar-refractivity contribution in [2.45, 2.75) is 0 Å². The minimum atomic E-state index is 0.608. The van der Waals surface area contributed by atoms with E-state index in [1.165, 1.54) is 5.69 Å². The Bertz CT molecular complexity index is 749. The van der Waals surface area contributed by atoms with Crippen LogP contribution < -0.4 is 9.80 Å². The molecule has 0 saturated carbocycles. The first-order chi connectivity index (χ1) is 11.4. The maximum absolute atomic E-state index is 5.45. The molecule has 1 aromatic heterocycles. The minimum absolute atomic E-state index is 0.608. The number of benzene rings is 2. The Morgan fingerprint density at radius 3 is 2.04 bits per heavy atom. The van der Waals surface area contributed by atoms with Crippen LogP contribution in [-0.2, 0) is 0 Å². The quantitative estimate of drug-likeness (QED) is 0.744. The van der Waals surface area contributed by atoms with Gasteiger partial charge in [-0.3, -0.25) is 0 Å². The molecule has 0 atom stereocenters. The van der Waals surface area contributed by atoms with E-state index in [1.807, 2.05) is 36.4 Å². The second-order valence-corrected chi connectivity index (χ2v) is 5.58. The van der Waals surface area contributed by atoms with Crippen molar-refractivity contribution in [2.75, 3.05) is 36.0 Å². The first kappa shape index (κ1) is 13.8. The van der Waals surface area contributed by atoms with Crippen LogP contribution in [0.1, 0.15) is 0 Å². The Balaban J connectivity index is 1.44. The van der Waals surface area contributed by atoms with Crippen LogP contribution >= 0.6 is 0 Å². The van der Waals surface area contributed by atoms with Gasteiger partial charge in [-0.25, -0.2) is 0 Å². The third-order valence-electron chi connectivity index (χ3n) is 4.12. The summed E-state index contributed by atoms with van der Waals surface area (Å²) in [6.07, 6.45) is 0. The molecule has 0 bridgehead atoms. The number of nitrogens with zero attached hydrogens (tertiary/aromatic N) is 4. The van der Waals surface area contributed by atoms with Crippen LogP contribution in [0.5, 0.6) is 0 Å². The molecule has 116 valence electrons. The molecule has 5 nitrogen and oxygen atoms in total. The fourth-order valence-electron chi connectivity index (χ4n) is 2.84. The molecule has 1 fully saturated rings. The molecule has 23 heavy (non-hydrogen) atoms. The lowest BCUT2D eigenvalue weighted by atomic mass is 10.2. The fourth-order valence-corrected chi connectivity index (χ4v) is 2.84. The zero-order valence-corrected chi connectivity index (χ0v) is 12.8. The molecule has 1 saturated heterocycles. The van der Waals surface area contributed by atoms with Crippen LogP contribution in [0.3, 0.4) is 0 Å². The van der Waals surface area contributed by atoms with Crippen molar-refractivity contribution in [3.8, 4) is 11.4 Å². The average molecular weight is 306 g/mol. The van der Waals surface area contributed by atoms with Crippen molar-refractivity contribution >= 4 is 11.7 Å². The van der Waals surface area contributed by atoms with E-state index in [0.717, 1.165) is 31.7 Å². The van der Waals surface area contributed by atoms with E-state index in [9.17, 15) is 0 Å². The molecule has 1 aliphatic heterocycles. The Kier molecular flexibility index (Phi) is 3.68. The predicted molar refractivity (Wildman–Crippen MR) is 90.6 cm³/mol. The molecular weight excluding hydrogens is 288 g/mol. The monoisotopic (exact) mass is 306 g/mol. The Morgan fingerprint density at radius 1 is 0.739 bits per heavy atom. The third kappa shape index (κ3) is 2.90. The smallest absolute Gasteiger partial charge is 0.324 e. The largest absolute Gasteiger partial charge is 0.368 e. The Labute approximate surface area is 135 Å². The topological polar surface area (TPSA) is 45.4 Å². The Hall–Kier alpha value is -2.82. The highest BCUT2D eigenvalue weighted by molar-refractivity contribution is 5.55. The van der Waals surface area contributed by atoms with Crippen molar-refractivity contribution < 1.29 is 4.52 Å². The first-order valence-corrected chi connectivity index (χ1v) is 7.84. The van der Waals surface area contributed by atoms with E-state index in [4.69, 9.17) is 4.52 Å². The van der Waals surface area contributed by atoms with Gasteiger partial charge < -0.3 is 14.3 Å². The van der Waals surface area contributed by atoms with Crippen molar-refractivity contribution in [3.05, 3.63) is 60.7 Å². The van der Waals surface area contributed by atoms with E-state index in [-0.39, 0.29) is 0 Å². The number of anilines is 2. The molecule has 2 heterocycles. The van der Waals surface area contributed by atoms with Crippen LogP contribution in [0, 0.1) is 0 Å². The molecule has 3 aromatic rings. The van der Waals surface area contributed by atoms with E-state index in [2.05, 4.69) is 44.2 Å². The standard InChI is InChI=1S/C18H18N4O/c1-3-7-15(8-4-1)17-19-18(23-20-17)22-13-11-21(12-14-22)16-9-5-2-6-10-16/h1-10H,11-14H2. The fraction of sp³-hybridized carbons (Fsp3) is 0.222. The van der Waals surface area contributed by atoms with Gasteiger partial charge in [-0.15, -0.1) is 0 Å². The minimum Gasteiger partial charge on any atom is -0.368 e. The van der Waals surface area contributed by atoms with Gasteiger partial charge in [0, 0.05) is 37.4 Å². The second kappa shape index (κ2) is 6.12. The van der Waals surface area contributed by atoms with Crippen molar-refractivity contribution in [1.82, 2.24) is 10.1 Å². The molecule has 5 heteroatoms. The van der Waals surface area contributed by atoms with Crippen LogP contribution in [-0.4, -0.2) is 36.3 Å². The number of hydrogen-bond acceptors (Lipinski definition) is 5. The summed E-state index contributed by atoms with van der Waals surface area (Å²) in [6.45, 7) is 3.66. The molecule has 0 radical (unpaired) electrons. The summed E-state index contributed by atoms with van der Waals surface area (Å²) in [5, 5.41) is 4.10. The van der Waals surface area contributed by atoms with E-state index >= 15 is 0 Å². The summed E-state index contributed by atoms with van der Waals surface area (Å²) in [4.78, 5) is 9.06. The van der Waals surface area contributed by atoms with Gasteiger partial charge in [-0.1, -0.05) is 53.7 Å². The van der Waals surface area contributed by atoms with Crippen molar-refractivity contribution in [2.24, 2.45) is 0 Å². The van der Waals surface area contributed by atoms with E-state index in [1.54, 1.807) is 0 Å². The SMILES string of the molecule is c1ccc(-c2noc(N3CCN(c4ccccc4)CC3)n2)cc1. The summed E-state index contributed by atoms with van der Waals surface area (Å²) in [5.74, 6) is 0.645. The van der Waals surface area contributed by atoms with Gasteiger partial charge in [-0.2, -0.15) is 4.98 Å². The third-order valence-corrected chi connectivity index (χ3v) is 4.12.